The minimum atomic E-state index is -1.16. The Morgan fingerprint density at radius 1 is 1.32 bits per heavy atom. The summed E-state index contributed by atoms with van der Waals surface area (Å²) < 4.78 is 22.0. The van der Waals surface area contributed by atoms with Gasteiger partial charge in [0.15, 0.2) is 4.96 Å². The van der Waals surface area contributed by atoms with E-state index in [1.807, 2.05) is 0 Å². The van der Waals surface area contributed by atoms with Crippen LogP contribution in [0.3, 0.4) is 0 Å². The van der Waals surface area contributed by atoms with Crippen molar-refractivity contribution in [3.63, 3.8) is 0 Å². The number of hydrogen-bond donors (Lipinski definition) is 2. The van der Waals surface area contributed by atoms with Gasteiger partial charge in [-0.15, -0.1) is 11.3 Å². The summed E-state index contributed by atoms with van der Waals surface area (Å²) in [4.78, 5) is 32.5. The highest BCUT2D eigenvalue weighted by Crippen LogP contribution is 2.32. The zero-order chi connectivity index (χ0) is 27.2. The summed E-state index contributed by atoms with van der Waals surface area (Å²) in [5, 5.41) is 14.6. The Morgan fingerprint density at radius 2 is 2.11 bits per heavy atom. The second-order valence-corrected chi connectivity index (χ2v) is 10.5. The molecule has 2 amide bonds. The average Bonchev–Trinajstić information content (AvgIpc) is 3.43. The van der Waals surface area contributed by atoms with Crippen molar-refractivity contribution in [1.82, 2.24) is 14.7 Å². The zero-order valence-electron chi connectivity index (χ0n) is 20.6. The first-order valence-electron chi connectivity index (χ1n) is 11.5. The number of benzene rings is 2. The van der Waals surface area contributed by atoms with Gasteiger partial charge >= 0.3 is 0 Å². The summed E-state index contributed by atoms with van der Waals surface area (Å²) in [7, 11) is 1.59. The Balaban J connectivity index is 1.36. The van der Waals surface area contributed by atoms with Crippen LogP contribution >= 0.6 is 22.9 Å². The van der Waals surface area contributed by atoms with E-state index in [1.54, 1.807) is 61.0 Å². The number of halogens is 2. The number of nitrogens with one attached hydrogen (secondary N) is 1. The second kappa shape index (κ2) is 9.76. The van der Waals surface area contributed by atoms with Gasteiger partial charge in [0, 0.05) is 34.8 Å². The van der Waals surface area contributed by atoms with E-state index in [4.69, 9.17) is 16.3 Å². The van der Waals surface area contributed by atoms with Crippen LogP contribution in [0.2, 0.25) is 5.02 Å². The van der Waals surface area contributed by atoms with Crippen molar-refractivity contribution in [3.05, 3.63) is 70.1 Å². The summed E-state index contributed by atoms with van der Waals surface area (Å²) in [5.74, 6) is 4.65. The lowest BCUT2D eigenvalue weighted by atomic mass is 10.1. The van der Waals surface area contributed by atoms with Gasteiger partial charge in [0.25, 0.3) is 11.8 Å². The van der Waals surface area contributed by atoms with Crippen LogP contribution in [0.5, 0.6) is 5.75 Å². The number of anilines is 1. The van der Waals surface area contributed by atoms with Crippen molar-refractivity contribution in [2.24, 2.45) is 0 Å². The van der Waals surface area contributed by atoms with Gasteiger partial charge in [-0.05, 0) is 50.2 Å². The number of hydrogen-bond acceptors (Lipinski definition) is 6. The molecule has 0 saturated heterocycles. The quantitative estimate of drug-likeness (QED) is 0.373. The molecule has 5 rings (SSSR count). The monoisotopic (exact) mass is 552 g/mol. The van der Waals surface area contributed by atoms with E-state index >= 15 is 0 Å². The molecule has 0 fully saturated rings. The van der Waals surface area contributed by atoms with Crippen molar-refractivity contribution in [1.29, 1.82) is 0 Å². The predicted octanol–water partition coefficient (Wildman–Crippen LogP) is 4.13. The van der Waals surface area contributed by atoms with E-state index in [2.05, 4.69) is 22.1 Å². The number of fused-ring (bicyclic) bond motifs is 2. The van der Waals surface area contributed by atoms with E-state index in [1.165, 1.54) is 28.5 Å². The smallest absolute Gasteiger partial charge is 0.272 e. The van der Waals surface area contributed by atoms with E-state index in [9.17, 15) is 19.1 Å². The van der Waals surface area contributed by atoms with Crippen LogP contribution in [0.15, 0.2) is 48.0 Å². The highest BCUT2D eigenvalue weighted by atomic mass is 35.5. The van der Waals surface area contributed by atoms with Gasteiger partial charge < -0.3 is 20.1 Å². The van der Waals surface area contributed by atoms with Crippen LogP contribution in [-0.2, 0) is 4.79 Å². The average molecular weight is 553 g/mol. The number of rotatable bonds is 3. The highest BCUT2D eigenvalue weighted by Gasteiger charge is 2.31. The topological polar surface area (TPSA) is 96.2 Å². The Kier molecular flexibility index (Phi) is 6.61. The van der Waals surface area contributed by atoms with Crippen LogP contribution < -0.4 is 15.0 Å². The summed E-state index contributed by atoms with van der Waals surface area (Å²) in [6.07, 6.45) is 1.50. The van der Waals surface area contributed by atoms with E-state index in [0.29, 0.717) is 33.2 Å². The first-order valence-corrected chi connectivity index (χ1v) is 12.8. The fraction of sp³-hybridized carbons (Fsp3) is 0.222. The second-order valence-electron chi connectivity index (χ2n) is 9.25. The van der Waals surface area contributed by atoms with Gasteiger partial charge in [-0.1, -0.05) is 23.4 Å². The Labute approximate surface area is 226 Å². The van der Waals surface area contributed by atoms with Crippen molar-refractivity contribution in [2.75, 3.05) is 18.6 Å². The number of aliphatic hydroxyl groups is 1. The molecule has 0 aliphatic carbocycles. The molecule has 0 saturated carbocycles. The predicted molar refractivity (Wildman–Crippen MR) is 143 cm³/mol. The van der Waals surface area contributed by atoms with E-state index in [-0.39, 0.29) is 23.2 Å². The summed E-state index contributed by atoms with van der Waals surface area (Å²) >= 11 is 7.12. The fourth-order valence-electron chi connectivity index (χ4n) is 3.92. The molecule has 0 radical (unpaired) electrons. The van der Waals surface area contributed by atoms with E-state index < -0.39 is 23.4 Å². The number of imidazole rings is 1. The molecule has 0 spiro atoms. The third-order valence-electron chi connectivity index (χ3n) is 5.82. The van der Waals surface area contributed by atoms with Crippen molar-refractivity contribution in [3.8, 4) is 28.8 Å². The van der Waals surface area contributed by atoms with Crippen LogP contribution in [0.1, 0.15) is 29.9 Å². The number of likely N-dealkylation sites (N-methyl/N-ethyl adjacent to an activating group) is 1. The maximum absolute atomic E-state index is 14.5. The summed E-state index contributed by atoms with van der Waals surface area (Å²) in [6.45, 7) is 3.08. The third-order valence-corrected chi connectivity index (χ3v) is 6.90. The Bertz CT molecular complexity index is 1650. The lowest BCUT2D eigenvalue weighted by Gasteiger charge is -2.20. The number of carbonyl (C=O) groups excluding carboxylic acids is 2. The maximum Gasteiger partial charge on any atom is 0.272 e. The summed E-state index contributed by atoms with van der Waals surface area (Å²) in [5.41, 5.74) is 0.857. The van der Waals surface area contributed by atoms with Crippen molar-refractivity contribution >= 4 is 45.4 Å². The molecule has 2 aromatic heterocycles. The van der Waals surface area contributed by atoms with Gasteiger partial charge in [-0.3, -0.25) is 14.0 Å². The standard InChI is InChI=1S/C27H22ClFN4O4S/c1-27(2,36)9-8-15-4-7-23-21(10-15)32(3)25(35)20(13-37-23)30-24(34)19-12-33-22(14-38-26(33)31-19)17-6-5-16(28)11-18(17)29/h4-7,10-12,14,20,36H,13H2,1-3H3,(H,30,34)/t20-/m0/s1. The molecular formula is C27H22ClFN4O4S. The largest absolute Gasteiger partial charge is 0.489 e. The van der Waals surface area contributed by atoms with Crippen LogP contribution in [0, 0.1) is 17.7 Å². The Hall–Kier alpha value is -3.91. The van der Waals surface area contributed by atoms with E-state index in [0.717, 1.165) is 0 Å². The minimum absolute atomic E-state index is 0.0777. The molecule has 0 unspecified atom stereocenters. The molecule has 0 bridgehead atoms. The van der Waals surface area contributed by atoms with Crippen LogP contribution in [0.25, 0.3) is 16.2 Å². The highest BCUT2D eigenvalue weighted by molar-refractivity contribution is 7.15. The molecule has 2 aromatic carbocycles. The number of nitrogens with zero attached hydrogens (tertiary/aromatic N) is 3. The molecule has 38 heavy (non-hydrogen) atoms. The number of carbonyl (C=O) groups is 2. The number of ether oxygens (including phenoxy) is 1. The lowest BCUT2D eigenvalue weighted by molar-refractivity contribution is -0.120. The molecule has 11 heteroatoms. The number of thiazole rings is 1. The van der Waals surface area contributed by atoms with Gasteiger partial charge in [-0.25, -0.2) is 9.37 Å². The molecule has 4 aromatic rings. The van der Waals surface area contributed by atoms with Crippen LogP contribution in [0.4, 0.5) is 10.1 Å². The first-order chi connectivity index (χ1) is 18.0. The molecule has 1 aliphatic heterocycles. The molecule has 3 heterocycles. The molecule has 2 N–H and O–H groups in total. The lowest BCUT2D eigenvalue weighted by Crippen LogP contribution is -2.49. The van der Waals surface area contributed by atoms with Crippen LogP contribution in [-0.4, -0.2) is 51.6 Å². The van der Waals surface area contributed by atoms with Gasteiger partial charge in [0.05, 0.1) is 11.4 Å². The van der Waals surface area contributed by atoms with Gasteiger partial charge in [0.2, 0.25) is 0 Å². The first kappa shape index (κ1) is 25.7. The zero-order valence-corrected chi connectivity index (χ0v) is 22.2. The molecular weight excluding hydrogens is 531 g/mol. The third kappa shape index (κ3) is 5.09. The van der Waals surface area contributed by atoms with Crippen molar-refractivity contribution < 1.29 is 23.8 Å². The van der Waals surface area contributed by atoms with Gasteiger partial charge in [0.1, 0.15) is 35.5 Å². The molecule has 194 valence electrons. The number of aromatic nitrogens is 2. The van der Waals surface area contributed by atoms with Crippen molar-refractivity contribution in [2.45, 2.75) is 25.5 Å². The maximum atomic E-state index is 14.5. The molecule has 1 atom stereocenters. The Morgan fingerprint density at radius 3 is 2.84 bits per heavy atom. The molecule has 8 nitrogen and oxygen atoms in total. The minimum Gasteiger partial charge on any atom is -0.489 e. The normalized spacial score (nSPS) is 15.4. The summed E-state index contributed by atoms with van der Waals surface area (Å²) in [6, 6.07) is 8.51. The SMILES string of the molecule is CN1C(=O)[C@@H](NC(=O)c2cn3c(-c4ccc(Cl)cc4F)csc3n2)COc2ccc(C#CC(C)(C)O)cc21. The van der Waals surface area contributed by atoms with Gasteiger partial charge in [-0.2, -0.15) is 0 Å². The fourth-order valence-corrected chi connectivity index (χ4v) is 4.95. The molecule has 1 aliphatic rings. The number of amides is 2.